The normalized spacial score (nSPS) is 14.2. The van der Waals surface area contributed by atoms with Crippen molar-refractivity contribution in [2.45, 2.75) is 180 Å². The van der Waals surface area contributed by atoms with Crippen molar-refractivity contribution in [1.82, 2.24) is 0 Å². The third-order valence-corrected chi connectivity index (χ3v) is 8.71. The van der Waals surface area contributed by atoms with E-state index in [4.69, 9.17) is 19.1 Å². The topological polar surface area (TPSA) is 149 Å². The van der Waals surface area contributed by atoms with Gasteiger partial charge in [0.15, 0.2) is 6.10 Å². The number of carbonyl (C=O) groups is 2. The number of rotatable bonds is 34. The minimum atomic E-state index is -4.59. The third kappa shape index (κ3) is 31.3. The first-order chi connectivity index (χ1) is 21.7. The second kappa shape index (κ2) is 31.6. The minimum absolute atomic E-state index is 0.189. The zero-order valence-corrected chi connectivity index (χ0v) is 29.5. The molecule has 268 valence electrons. The molecule has 0 aliphatic carbocycles. The van der Waals surface area contributed by atoms with E-state index in [2.05, 4.69) is 18.4 Å². The number of esters is 2. The molecule has 45 heavy (non-hydrogen) atoms. The second-order valence-corrected chi connectivity index (χ2v) is 13.7. The van der Waals surface area contributed by atoms with Gasteiger partial charge in [-0.3, -0.25) is 18.6 Å². The Bertz CT molecular complexity index is 736. The highest BCUT2D eigenvalue weighted by Crippen LogP contribution is 2.43. The minimum Gasteiger partial charge on any atom is -0.462 e. The van der Waals surface area contributed by atoms with Crippen LogP contribution in [0.2, 0.25) is 0 Å². The number of ether oxygens (including phenoxy) is 2. The molecule has 11 heteroatoms. The zero-order valence-electron chi connectivity index (χ0n) is 28.6. The first kappa shape index (κ1) is 44.0. The molecular weight excluding hydrogens is 599 g/mol. The molecule has 1 unspecified atom stereocenters. The molecule has 0 heterocycles. The Labute approximate surface area is 273 Å². The van der Waals surface area contributed by atoms with Crippen LogP contribution in [0.15, 0.2) is 0 Å². The SMILES string of the molecule is CCCCCCCCCCCCCCCCC(=O)OC[C@@H](COP(=O)(O)OC[C@H](O)CO)OC(=O)CCCCCCCCCC. The molecular formula is C34H67O10P. The first-order valence-electron chi connectivity index (χ1n) is 18.0. The lowest BCUT2D eigenvalue weighted by Crippen LogP contribution is -2.29. The highest BCUT2D eigenvalue weighted by atomic mass is 31.2. The Hall–Kier alpha value is -1.03. The quantitative estimate of drug-likeness (QED) is 0.0348. The Balaban J connectivity index is 4.31. The molecule has 0 aliphatic heterocycles. The predicted octanol–water partition coefficient (Wildman–Crippen LogP) is 8.33. The fourth-order valence-corrected chi connectivity index (χ4v) is 5.72. The van der Waals surface area contributed by atoms with Gasteiger partial charge in [-0.1, -0.05) is 142 Å². The maximum absolute atomic E-state index is 12.4. The zero-order chi connectivity index (χ0) is 33.4. The molecule has 3 atom stereocenters. The molecule has 0 radical (unpaired) electrons. The van der Waals surface area contributed by atoms with Gasteiger partial charge in [0, 0.05) is 12.8 Å². The lowest BCUT2D eigenvalue weighted by Gasteiger charge is -2.20. The summed E-state index contributed by atoms with van der Waals surface area (Å²) < 4.78 is 32.4. The van der Waals surface area contributed by atoms with Crippen molar-refractivity contribution in [3.63, 3.8) is 0 Å². The molecule has 0 spiro atoms. The van der Waals surface area contributed by atoms with E-state index in [1.165, 1.54) is 96.3 Å². The lowest BCUT2D eigenvalue weighted by atomic mass is 10.0. The van der Waals surface area contributed by atoms with Gasteiger partial charge in [0.1, 0.15) is 12.7 Å². The average molecular weight is 667 g/mol. The van der Waals surface area contributed by atoms with Crippen LogP contribution in [0.5, 0.6) is 0 Å². The fraction of sp³-hybridized carbons (Fsp3) is 0.941. The summed E-state index contributed by atoms with van der Waals surface area (Å²) >= 11 is 0. The summed E-state index contributed by atoms with van der Waals surface area (Å²) in [5.74, 6) is -0.922. The van der Waals surface area contributed by atoms with Gasteiger partial charge in [-0.2, -0.15) is 0 Å². The molecule has 3 N–H and O–H groups in total. The molecule has 0 aromatic rings. The number of unbranched alkanes of at least 4 members (excludes halogenated alkanes) is 20. The van der Waals surface area contributed by atoms with Gasteiger partial charge in [0.05, 0.1) is 19.8 Å². The molecule has 0 aromatic carbocycles. The number of phosphoric ester groups is 1. The van der Waals surface area contributed by atoms with Crippen LogP contribution in [-0.4, -0.2) is 65.7 Å². The van der Waals surface area contributed by atoms with Crippen molar-refractivity contribution < 1.29 is 47.8 Å². The molecule has 0 saturated carbocycles. The molecule has 0 amide bonds. The van der Waals surface area contributed by atoms with Gasteiger partial charge in [-0.05, 0) is 12.8 Å². The van der Waals surface area contributed by atoms with Crippen molar-refractivity contribution in [1.29, 1.82) is 0 Å². The monoisotopic (exact) mass is 666 g/mol. The lowest BCUT2D eigenvalue weighted by molar-refractivity contribution is -0.161. The Morgan fingerprint density at radius 2 is 0.956 bits per heavy atom. The Kier molecular flexibility index (Phi) is 30.8. The third-order valence-electron chi connectivity index (χ3n) is 7.76. The van der Waals surface area contributed by atoms with E-state index in [1.54, 1.807) is 0 Å². The van der Waals surface area contributed by atoms with Crippen LogP contribution >= 0.6 is 7.82 Å². The summed E-state index contributed by atoms with van der Waals surface area (Å²) in [5, 5.41) is 18.2. The van der Waals surface area contributed by atoms with Crippen LogP contribution in [0.4, 0.5) is 0 Å². The van der Waals surface area contributed by atoms with E-state index in [1.807, 2.05) is 0 Å². The maximum atomic E-state index is 12.4. The van der Waals surface area contributed by atoms with Gasteiger partial charge < -0.3 is 24.6 Å². The van der Waals surface area contributed by atoms with E-state index >= 15 is 0 Å². The van der Waals surface area contributed by atoms with Crippen molar-refractivity contribution >= 4 is 19.8 Å². The van der Waals surface area contributed by atoms with Crippen LogP contribution in [-0.2, 0) is 32.7 Å². The number of hydrogen-bond acceptors (Lipinski definition) is 9. The summed E-state index contributed by atoms with van der Waals surface area (Å²) in [7, 11) is -4.59. The molecule has 0 aromatic heterocycles. The number of carbonyl (C=O) groups excluding carboxylic acids is 2. The molecule has 0 saturated heterocycles. The van der Waals surface area contributed by atoms with Crippen molar-refractivity contribution in [2.24, 2.45) is 0 Å². The Morgan fingerprint density at radius 3 is 1.38 bits per heavy atom. The molecule has 0 fully saturated rings. The fourth-order valence-electron chi connectivity index (χ4n) is 4.93. The van der Waals surface area contributed by atoms with E-state index in [9.17, 15) is 24.2 Å². The highest BCUT2D eigenvalue weighted by Gasteiger charge is 2.27. The number of phosphoric acid groups is 1. The van der Waals surface area contributed by atoms with E-state index < -0.39 is 51.8 Å². The van der Waals surface area contributed by atoms with Crippen LogP contribution in [0.25, 0.3) is 0 Å². The largest absolute Gasteiger partial charge is 0.472 e. The van der Waals surface area contributed by atoms with E-state index in [-0.39, 0.29) is 19.4 Å². The van der Waals surface area contributed by atoms with Crippen molar-refractivity contribution in [3.05, 3.63) is 0 Å². The maximum Gasteiger partial charge on any atom is 0.472 e. The number of aliphatic hydroxyl groups excluding tert-OH is 2. The van der Waals surface area contributed by atoms with Crippen molar-refractivity contribution in [3.8, 4) is 0 Å². The molecule has 0 aliphatic rings. The van der Waals surface area contributed by atoms with Gasteiger partial charge in [0.2, 0.25) is 0 Å². The van der Waals surface area contributed by atoms with Crippen LogP contribution in [0, 0.1) is 0 Å². The average Bonchev–Trinajstić information content (AvgIpc) is 3.02. The Morgan fingerprint density at radius 1 is 0.578 bits per heavy atom. The number of aliphatic hydroxyl groups is 2. The number of hydrogen-bond donors (Lipinski definition) is 3. The van der Waals surface area contributed by atoms with E-state index in [0.717, 1.165) is 32.1 Å². The smallest absolute Gasteiger partial charge is 0.462 e. The van der Waals surface area contributed by atoms with Gasteiger partial charge >= 0.3 is 19.8 Å². The first-order valence-corrected chi connectivity index (χ1v) is 19.5. The van der Waals surface area contributed by atoms with Crippen LogP contribution in [0.1, 0.15) is 168 Å². The van der Waals surface area contributed by atoms with Gasteiger partial charge in [0.25, 0.3) is 0 Å². The summed E-state index contributed by atoms with van der Waals surface area (Å²) in [6.45, 7) is 2.34. The van der Waals surface area contributed by atoms with Crippen LogP contribution < -0.4 is 0 Å². The van der Waals surface area contributed by atoms with Gasteiger partial charge in [-0.15, -0.1) is 0 Å². The predicted molar refractivity (Wildman–Crippen MR) is 178 cm³/mol. The standard InChI is InChI=1S/C34H67O10P/c1-3-5-7-9-11-13-14-15-16-17-18-20-21-23-25-33(37)41-29-32(30-43-45(39,40)42-28-31(36)27-35)44-34(38)26-24-22-19-12-10-8-6-4-2/h31-32,35-36H,3-30H2,1-2H3,(H,39,40)/t31-,32+/m1/s1. The summed E-state index contributed by atoms with van der Waals surface area (Å²) in [5.41, 5.74) is 0. The molecule has 10 nitrogen and oxygen atoms in total. The van der Waals surface area contributed by atoms with Crippen LogP contribution in [0.3, 0.4) is 0 Å². The second-order valence-electron chi connectivity index (χ2n) is 12.3. The summed E-state index contributed by atoms with van der Waals surface area (Å²) in [6, 6.07) is 0. The summed E-state index contributed by atoms with van der Waals surface area (Å²) in [4.78, 5) is 34.6. The van der Waals surface area contributed by atoms with Gasteiger partial charge in [-0.25, -0.2) is 4.57 Å². The van der Waals surface area contributed by atoms with E-state index in [0.29, 0.717) is 12.8 Å². The van der Waals surface area contributed by atoms with Crippen molar-refractivity contribution in [2.75, 3.05) is 26.4 Å². The molecule has 0 bridgehead atoms. The summed E-state index contributed by atoms with van der Waals surface area (Å²) in [6.07, 6.45) is 23.8. The molecule has 0 rings (SSSR count). The highest BCUT2D eigenvalue weighted by molar-refractivity contribution is 7.47.